The van der Waals surface area contributed by atoms with Crippen LogP contribution < -0.4 is 9.47 Å². The maximum Gasteiger partial charge on any atom is 0.573 e. The number of halogens is 5. The smallest absolute Gasteiger partial charge is 0.426 e. The van der Waals surface area contributed by atoms with E-state index in [0.29, 0.717) is 24.7 Å². The summed E-state index contributed by atoms with van der Waals surface area (Å²) in [5.41, 5.74) is 0. The van der Waals surface area contributed by atoms with Crippen LogP contribution in [0.4, 0.5) is 22.0 Å². The van der Waals surface area contributed by atoms with Crippen molar-refractivity contribution in [2.45, 2.75) is 70.8 Å². The molecule has 8 heteroatoms. The van der Waals surface area contributed by atoms with Crippen LogP contribution in [0.25, 0.3) is 10.8 Å². The van der Waals surface area contributed by atoms with Gasteiger partial charge in [0.25, 0.3) is 0 Å². The first-order chi connectivity index (χ1) is 16.1. The molecule has 0 aliphatic heterocycles. The van der Waals surface area contributed by atoms with Crippen molar-refractivity contribution in [3.8, 4) is 11.5 Å². The molecule has 0 radical (unpaired) electrons. The average Bonchev–Trinajstić information content (AvgIpc) is 2.80. The maximum absolute atomic E-state index is 15.0. The van der Waals surface area contributed by atoms with Gasteiger partial charge in [-0.05, 0) is 79.5 Å². The minimum absolute atomic E-state index is 0.0913. The average molecular weight is 485 g/mol. The number of carbonyl (C=O) groups excluding carboxylic acids is 1. The molecule has 4 rings (SSSR count). The van der Waals surface area contributed by atoms with Crippen molar-refractivity contribution in [3.05, 3.63) is 36.1 Å². The Morgan fingerprint density at radius 2 is 1.71 bits per heavy atom. The summed E-state index contributed by atoms with van der Waals surface area (Å²) in [4.78, 5) is 12.7. The van der Waals surface area contributed by atoms with Gasteiger partial charge in [0.1, 0.15) is 11.9 Å². The molecule has 0 saturated heterocycles. The molecule has 3 unspecified atom stereocenters. The second kappa shape index (κ2) is 10.1. The van der Waals surface area contributed by atoms with Crippen molar-refractivity contribution in [1.29, 1.82) is 0 Å². The van der Waals surface area contributed by atoms with Crippen LogP contribution in [0.3, 0.4) is 0 Å². The molecule has 2 aromatic carbocycles. The molecule has 0 aromatic heterocycles. The first kappa shape index (κ1) is 24.7. The van der Waals surface area contributed by atoms with E-state index >= 15 is 0 Å². The van der Waals surface area contributed by atoms with Gasteiger partial charge in [0.2, 0.25) is 0 Å². The summed E-state index contributed by atoms with van der Waals surface area (Å²) in [7, 11) is 0. The largest absolute Gasteiger partial charge is 0.573 e. The molecule has 0 spiro atoms. The topological polar surface area (TPSA) is 35.5 Å². The lowest BCUT2D eigenvalue weighted by Gasteiger charge is -2.38. The Hall–Kier alpha value is -2.38. The van der Waals surface area contributed by atoms with Crippen LogP contribution in [0.1, 0.15) is 58.3 Å². The summed E-state index contributed by atoms with van der Waals surface area (Å²) in [6, 6.07) is 5.95. The minimum atomic E-state index is -5.01. The zero-order valence-corrected chi connectivity index (χ0v) is 19.0. The Bertz CT molecular complexity index is 1010. The van der Waals surface area contributed by atoms with Crippen LogP contribution in [0.15, 0.2) is 30.3 Å². The zero-order valence-electron chi connectivity index (χ0n) is 19.0. The lowest BCUT2D eigenvalue weighted by Crippen LogP contribution is -2.37. The number of esters is 1. The third-order valence-electron chi connectivity index (χ3n) is 7.59. The molecule has 34 heavy (non-hydrogen) atoms. The number of ether oxygens (including phenoxy) is 2. The standard InChI is InChI=1S/C26H29F5O3/c1-2-15-3-5-16(6-4-15)17-7-10-21(22(27)14-17)25(32)33-19-9-11-20-18(13-19)8-12-23(24(20)28)34-26(29,30)31/h8-9,11-13,15-17,21-22H,2-7,10,14H2,1H3. The molecular formula is C26H29F5O3. The molecule has 0 N–H and O–H groups in total. The number of hydrogen-bond donors (Lipinski definition) is 0. The molecule has 0 amide bonds. The van der Waals surface area contributed by atoms with Gasteiger partial charge in [-0.1, -0.05) is 32.3 Å². The first-order valence-corrected chi connectivity index (χ1v) is 12.0. The van der Waals surface area contributed by atoms with Gasteiger partial charge >= 0.3 is 12.3 Å². The van der Waals surface area contributed by atoms with Crippen LogP contribution in [0.5, 0.6) is 11.5 Å². The second-order valence-electron chi connectivity index (χ2n) is 9.61. The number of carbonyl (C=O) groups is 1. The van der Waals surface area contributed by atoms with Gasteiger partial charge in [-0.2, -0.15) is 0 Å². The quantitative estimate of drug-likeness (QED) is 0.247. The van der Waals surface area contributed by atoms with E-state index < -0.39 is 36.0 Å². The van der Waals surface area contributed by atoms with Crippen molar-refractivity contribution in [3.63, 3.8) is 0 Å². The lowest BCUT2D eigenvalue weighted by atomic mass is 9.68. The normalized spacial score (nSPS) is 28.0. The fraction of sp³-hybridized carbons (Fsp3) is 0.577. The Kier molecular flexibility index (Phi) is 7.33. The van der Waals surface area contributed by atoms with E-state index in [1.54, 1.807) is 0 Å². The van der Waals surface area contributed by atoms with Gasteiger partial charge in [0.15, 0.2) is 11.6 Å². The van der Waals surface area contributed by atoms with Gasteiger partial charge in [0.05, 0.1) is 5.92 Å². The highest BCUT2D eigenvalue weighted by atomic mass is 19.4. The highest BCUT2D eigenvalue weighted by Gasteiger charge is 2.40. The van der Waals surface area contributed by atoms with Crippen LogP contribution in [0, 0.1) is 29.5 Å². The zero-order chi connectivity index (χ0) is 24.5. The molecule has 2 aromatic rings. The maximum atomic E-state index is 15.0. The second-order valence-corrected chi connectivity index (χ2v) is 9.61. The number of rotatable bonds is 5. The van der Waals surface area contributed by atoms with Crippen LogP contribution in [-0.4, -0.2) is 18.5 Å². The van der Waals surface area contributed by atoms with E-state index in [1.165, 1.54) is 43.5 Å². The fourth-order valence-corrected chi connectivity index (χ4v) is 5.62. The fourth-order valence-electron chi connectivity index (χ4n) is 5.62. The number of benzene rings is 2. The Labute approximate surface area is 195 Å². The summed E-state index contributed by atoms with van der Waals surface area (Å²) in [5, 5.41) is 0.128. The van der Waals surface area contributed by atoms with E-state index in [-0.39, 0.29) is 16.5 Å². The first-order valence-electron chi connectivity index (χ1n) is 12.0. The molecule has 186 valence electrons. The number of fused-ring (bicyclic) bond motifs is 1. The van der Waals surface area contributed by atoms with Crippen molar-refractivity contribution in [2.24, 2.45) is 23.7 Å². The summed E-state index contributed by atoms with van der Waals surface area (Å²) in [6.07, 6.45) is 1.18. The monoisotopic (exact) mass is 484 g/mol. The SMILES string of the molecule is CCC1CCC(C2CCC(C(=O)Oc3ccc4c(F)c(OC(F)(F)F)ccc4c3)C(F)C2)CC1. The summed E-state index contributed by atoms with van der Waals surface area (Å²) in [6.45, 7) is 2.21. The summed E-state index contributed by atoms with van der Waals surface area (Å²) >= 11 is 0. The van der Waals surface area contributed by atoms with Crippen LogP contribution in [0.2, 0.25) is 0 Å². The number of hydrogen-bond acceptors (Lipinski definition) is 3. The van der Waals surface area contributed by atoms with Crippen molar-refractivity contribution in [1.82, 2.24) is 0 Å². The van der Waals surface area contributed by atoms with Gasteiger partial charge in [-0.3, -0.25) is 4.79 Å². The molecule has 0 bridgehead atoms. The Balaban J connectivity index is 1.38. The highest BCUT2D eigenvalue weighted by molar-refractivity contribution is 5.87. The number of alkyl halides is 4. The highest BCUT2D eigenvalue weighted by Crippen LogP contribution is 2.43. The van der Waals surface area contributed by atoms with Crippen molar-refractivity contribution >= 4 is 16.7 Å². The van der Waals surface area contributed by atoms with Gasteiger partial charge in [0, 0.05) is 5.39 Å². The molecule has 2 aliphatic rings. The van der Waals surface area contributed by atoms with Crippen molar-refractivity contribution in [2.75, 3.05) is 0 Å². The van der Waals surface area contributed by atoms with Gasteiger partial charge < -0.3 is 9.47 Å². The molecule has 2 saturated carbocycles. The third kappa shape index (κ3) is 5.63. The molecule has 3 atom stereocenters. The van der Waals surface area contributed by atoms with Crippen LogP contribution in [-0.2, 0) is 4.79 Å². The van der Waals surface area contributed by atoms with E-state index in [4.69, 9.17) is 4.74 Å². The Morgan fingerprint density at radius 3 is 2.35 bits per heavy atom. The molecule has 2 aliphatic carbocycles. The van der Waals surface area contributed by atoms with E-state index in [1.807, 2.05) is 0 Å². The predicted molar refractivity (Wildman–Crippen MR) is 118 cm³/mol. The Morgan fingerprint density at radius 1 is 1.00 bits per heavy atom. The van der Waals surface area contributed by atoms with Gasteiger partial charge in [-0.15, -0.1) is 13.2 Å². The molecular weight excluding hydrogens is 455 g/mol. The molecule has 0 heterocycles. The van der Waals surface area contributed by atoms with Crippen molar-refractivity contribution < 1.29 is 36.2 Å². The minimum Gasteiger partial charge on any atom is -0.426 e. The lowest BCUT2D eigenvalue weighted by molar-refractivity contribution is -0.275. The predicted octanol–water partition coefficient (Wildman–Crippen LogP) is 7.75. The molecule has 2 fully saturated rings. The summed E-state index contributed by atoms with van der Waals surface area (Å²) in [5.74, 6) is -1.92. The van der Waals surface area contributed by atoms with E-state index in [2.05, 4.69) is 11.7 Å². The van der Waals surface area contributed by atoms with E-state index in [9.17, 15) is 26.7 Å². The third-order valence-corrected chi connectivity index (χ3v) is 7.59. The van der Waals surface area contributed by atoms with Crippen LogP contribution >= 0.6 is 0 Å². The van der Waals surface area contributed by atoms with Gasteiger partial charge in [-0.25, -0.2) is 8.78 Å². The summed E-state index contributed by atoms with van der Waals surface area (Å²) < 4.78 is 75.7. The molecule has 3 nitrogen and oxygen atoms in total. The van der Waals surface area contributed by atoms with E-state index in [0.717, 1.165) is 31.2 Å².